The van der Waals surface area contributed by atoms with E-state index in [9.17, 15) is 14.9 Å². The van der Waals surface area contributed by atoms with Crippen LogP contribution in [0.1, 0.15) is 11.1 Å². The fourth-order valence-electron chi connectivity index (χ4n) is 2.11. The number of nitrogens with zero attached hydrogens (tertiary/aromatic N) is 3. The number of carbonyl (C=O) groups excluding carboxylic acids is 1. The first kappa shape index (κ1) is 18.2. The molecule has 1 aliphatic rings. The number of hydrogen-bond donors (Lipinski definition) is 0. The number of thioether (sulfide) groups is 1. The maximum Gasteiger partial charge on any atom is 0.286 e. The Morgan fingerprint density at radius 2 is 1.92 bits per heavy atom. The van der Waals surface area contributed by atoms with E-state index in [1.807, 2.05) is 0 Å². The predicted molar refractivity (Wildman–Crippen MR) is 107 cm³/mol. The summed E-state index contributed by atoms with van der Waals surface area (Å²) in [5.41, 5.74) is 1.26. The summed E-state index contributed by atoms with van der Waals surface area (Å²) >= 11 is 12.2. The summed E-state index contributed by atoms with van der Waals surface area (Å²) in [6.45, 7) is 0. The smallest absolute Gasteiger partial charge is 0.266 e. The van der Waals surface area contributed by atoms with Gasteiger partial charge in [0.25, 0.3) is 11.6 Å². The highest BCUT2D eigenvalue weighted by atomic mass is 35.5. The highest BCUT2D eigenvalue weighted by molar-refractivity contribution is 8.26. The minimum Gasteiger partial charge on any atom is -0.266 e. The molecule has 1 fully saturated rings. The molecule has 0 aliphatic carbocycles. The van der Waals surface area contributed by atoms with Gasteiger partial charge in [-0.25, -0.2) is 0 Å². The molecule has 0 saturated carbocycles. The molecule has 1 saturated heterocycles. The van der Waals surface area contributed by atoms with Gasteiger partial charge in [-0.2, -0.15) is 10.1 Å². The molecule has 6 nitrogen and oxygen atoms in total. The van der Waals surface area contributed by atoms with Gasteiger partial charge < -0.3 is 0 Å². The predicted octanol–water partition coefficient (Wildman–Crippen LogP) is 4.48. The highest BCUT2D eigenvalue weighted by Crippen LogP contribution is 2.32. The topological polar surface area (TPSA) is 75.8 Å². The van der Waals surface area contributed by atoms with E-state index in [2.05, 4.69) is 5.10 Å². The average Bonchev–Trinajstić information content (AvgIpc) is 2.89. The Morgan fingerprint density at radius 1 is 1.19 bits per heavy atom. The number of hydrazone groups is 1. The Bertz CT molecular complexity index is 958. The summed E-state index contributed by atoms with van der Waals surface area (Å²) in [6, 6.07) is 13.0. The maximum absolute atomic E-state index is 12.5. The lowest BCUT2D eigenvalue weighted by Gasteiger charge is -2.06. The second kappa shape index (κ2) is 7.77. The van der Waals surface area contributed by atoms with E-state index in [-0.39, 0.29) is 15.9 Å². The Hall–Kier alpha value is -2.55. The zero-order valence-electron chi connectivity index (χ0n) is 13.0. The molecule has 1 aliphatic heterocycles. The fraction of sp³-hybridized carbons (Fsp3) is 0. The Labute approximate surface area is 163 Å². The molecule has 3 rings (SSSR count). The van der Waals surface area contributed by atoms with Gasteiger partial charge in [0.2, 0.25) is 0 Å². The first-order chi connectivity index (χ1) is 12.4. The number of carbonyl (C=O) groups is 1. The average molecular weight is 404 g/mol. The van der Waals surface area contributed by atoms with Crippen molar-refractivity contribution in [3.8, 4) is 0 Å². The van der Waals surface area contributed by atoms with Gasteiger partial charge in [0.1, 0.15) is 0 Å². The largest absolute Gasteiger partial charge is 0.286 e. The summed E-state index contributed by atoms with van der Waals surface area (Å²) in [5.74, 6) is -0.350. The lowest BCUT2D eigenvalue weighted by atomic mass is 10.2. The van der Waals surface area contributed by atoms with Crippen LogP contribution in [-0.4, -0.2) is 26.4 Å². The molecular weight excluding hydrogens is 394 g/mol. The lowest BCUT2D eigenvalue weighted by Crippen LogP contribution is -2.22. The standard InChI is InChI=1S/C17H10ClN3O3S2/c18-13-6-4-11(5-7-13)9-15-16(22)20(17(25)26-15)19-10-12-2-1-3-14(8-12)21(23)24/h1-10H/b15-9+,19-10+. The van der Waals surface area contributed by atoms with Gasteiger partial charge in [-0.05, 0) is 36.0 Å². The molecule has 0 unspecified atom stereocenters. The number of rotatable bonds is 4. The summed E-state index contributed by atoms with van der Waals surface area (Å²) in [7, 11) is 0. The van der Waals surface area contributed by atoms with E-state index in [0.29, 0.717) is 15.5 Å². The molecule has 1 heterocycles. The normalized spacial score (nSPS) is 16.0. The summed E-state index contributed by atoms with van der Waals surface area (Å²) in [6.07, 6.45) is 3.07. The molecule has 0 N–H and O–H groups in total. The van der Waals surface area contributed by atoms with Gasteiger partial charge in [-0.3, -0.25) is 14.9 Å². The molecule has 9 heteroatoms. The number of thiocarbonyl (C=S) groups is 1. The van der Waals surface area contributed by atoms with Crippen LogP contribution >= 0.6 is 35.6 Å². The van der Waals surface area contributed by atoms with Crippen molar-refractivity contribution in [2.24, 2.45) is 5.10 Å². The molecule has 0 radical (unpaired) electrons. The van der Waals surface area contributed by atoms with Crippen LogP contribution in [0.25, 0.3) is 6.08 Å². The van der Waals surface area contributed by atoms with Gasteiger partial charge in [0, 0.05) is 22.7 Å². The van der Waals surface area contributed by atoms with Crippen molar-refractivity contribution in [3.63, 3.8) is 0 Å². The molecule has 2 aromatic rings. The monoisotopic (exact) mass is 403 g/mol. The molecule has 2 aromatic carbocycles. The van der Waals surface area contributed by atoms with Crippen LogP contribution in [-0.2, 0) is 4.79 Å². The lowest BCUT2D eigenvalue weighted by molar-refractivity contribution is -0.384. The summed E-state index contributed by atoms with van der Waals surface area (Å²) in [5, 5.41) is 16.6. The summed E-state index contributed by atoms with van der Waals surface area (Å²) < 4.78 is 0.289. The molecule has 1 amide bonds. The zero-order chi connectivity index (χ0) is 18.7. The van der Waals surface area contributed by atoms with Crippen molar-refractivity contribution in [2.45, 2.75) is 0 Å². The van der Waals surface area contributed by atoms with Crippen LogP contribution < -0.4 is 0 Å². The summed E-state index contributed by atoms with van der Waals surface area (Å²) in [4.78, 5) is 23.2. The quantitative estimate of drug-likeness (QED) is 0.247. The fourth-order valence-corrected chi connectivity index (χ4v) is 3.41. The number of halogens is 1. The van der Waals surface area contributed by atoms with Crippen molar-refractivity contribution >= 4 is 63.8 Å². The molecule has 0 spiro atoms. The number of non-ortho nitro benzene ring substituents is 1. The number of nitro groups is 1. The van der Waals surface area contributed by atoms with Crippen LogP contribution in [0, 0.1) is 10.1 Å². The minimum atomic E-state index is -0.494. The van der Waals surface area contributed by atoms with Crippen LogP contribution in [0.4, 0.5) is 5.69 Å². The Kier molecular flexibility index (Phi) is 5.46. The third kappa shape index (κ3) is 4.16. The highest BCUT2D eigenvalue weighted by Gasteiger charge is 2.32. The van der Waals surface area contributed by atoms with Crippen LogP contribution in [0.15, 0.2) is 58.5 Å². The van der Waals surface area contributed by atoms with Crippen molar-refractivity contribution in [1.82, 2.24) is 5.01 Å². The van der Waals surface area contributed by atoms with E-state index in [1.165, 1.54) is 18.3 Å². The molecular formula is C17H10ClN3O3S2. The van der Waals surface area contributed by atoms with Gasteiger partial charge >= 0.3 is 0 Å². The zero-order valence-corrected chi connectivity index (χ0v) is 15.4. The van der Waals surface area contributed by atoms with Crippen molar-refractivity contribution in [2.75, 3.05) is 0 Å². The molecule has 130 valence electrons. The molecule has 0 bridgehead atoms. The number of benzene rings is 2. The van der Waals surface area contributed by atoms with Crippen molar-refractivity contribution in [3.05, 3.63) is 79.7 Å². The van der Waals surface area contributed by atoms with Crippen LogP contribution in [0.2, 0.25) is 5.02 Å². The van der Waals surface area contributed by atoms with Crippen molar-refractivity contribution < 1.29 is 9.72 Å². The number of hydrogen-bond acceptors (Lipinski definition) is 6. The van der Waals surface area contributed by atoms with E-state index < -0.39 is 4.92 Å². The van der Waals surface area contributed by atoms with Gasteiger partial charge in [-0.15, -0.1) is 0 Å². The van der Waals surface area contributed by atoms with Gasteiger partial charge in [0.15, 0.2) is 4.32 Å². The van der Waals surface area contributed by atoms with E-state index in [1.54, 1.807) is 42.5 Å². The third-order valence-corrected chi connectivity index (χ3v) is 4.88. The first-order valence-electron chi connectivity index (χ1n) is 7.26. The van der Waals surface area contributed by atoms with Gasteiger partial charge in [-0.1, -0.05) is 47.6 Å². The van der Waals surface area contributed by atoms with Gasteiger partial charge in [0.05, 0.1) is 16.0 Å². The molecule has 0 aromatic heterocycles. The number of nitro benzene ring substituents is 1. The van der Waals surface area contributed by atoms with Crippen LogP contribution in [0.5, 0.6) is 0 Å². The van der Waals surface area contributed by atoms with Crippen molar-refractivity contribution in [1.29, 1.82) is 0 Å². The number of amides is 1. The van der Waals surface area contributed by atoms with Crippen LogP contribution in [0.3, 0.4) is 0 Å². The Morgan fingerprint density at radius 3 is 2.62 bits per heavy atom. The molecule has 0 atom stereocenters. The van der Waals surface area contributed by atoms with E-state index in [0.717, 1.165) is 22.3 Å². The molecule has 26 heavy (non-hydrogen) atoms. The second-order valence-electron chi connectivity index (χ2n) is 5.14. The van der Waals surface area contributed by atoms with E-state index in [4.69, 9.17) is 23.8 Å². The SMILES string of the molecule is O=C1/C(=C\c2ccc(Cl)cc2)SC(=S)N1/N=C/c1cccc([N+](=O)[O-])c1. The first-order valence-corrected chi connectivity index (χ1v) is 8.86. The van der Waals surface area contributed by atoms with E-state index >= 15 is 0 Å². The second-order valence-corrected chi connectivity index (χ2v) is 7.25. The maximum atomic E-state index is 12.5. The minimum absolute atomic E-state index is 0.0537. The third-order valence-electron chi connectivity index (χ3n) is 3.34. The Balaban J connectivity index is 1.80.